The van der Waals surface area contributed by atoms with Crippen molar-refractivity contribution >= 4 is 17.3 Å². The van der Waals surface area contributed by atoms with E-state index < -0.39 is 5.92 Å². The normalized spacial score (nSPS) is 17.3. The molecule has 0 bridgehead atoms. The lowest BCUT2D eigenvalue weighted by molar-refractivity contribution is -0.131. The number of phenolic OH excluding ortho intramolecular Hbond substituents is 1. The van der Waals surface area contributed by atoms with Gasteiger partial charge in [-0.05, 0) is 61.5 Å². The summed E-state index contributed by atoms with van der Waals surface area (Å²) in [6, 6.07) is 1.95. The van der Waals surface area contributed by atoms with Crippen molar-refractivity contribution in [3.63, 3.8) is 0 Å². The lowest BCUT2D eigenvalue weighted by atomic mass is 9.71. The Labute approximate surface area is 198 Å². The summed E-state index contributed by atoms with van der Waals surface area (Å²) in [6.07, 6.45) is 1.41. The molecule has 1 aromatic carbocycles. The number of fused-ring (bicyclic) bond motifs is 1. The van der Waals surface area contributed by atoms with E-state index in [4.69, 9.17) is 0 Å². The van der Waals surface area contributed by atoms with E-state index in [2.05, 4.69) is 0 Å². The minimum atomic E-state index is -0.731. The first kappa shape index (κ1) is 30.9. The topological polar surface area (TPSA) is 175 Å². The van der Waals surface area contributed by atoms with Gasteiger partial charge in [-0.3, -0.25) is 14.4 Å². The Kier molecular flexibility index (Phi) is 11.6. The number of aryl methyl sites for hydroxylation is 1. The monoisotopic (exact) mass is 472 g/mol. The molecular weight excluding hydrogens is 428 g/mol. The lowest BCUT2D eigenvalue weighted by Gasteiger charge is -2.33. The first-order valence-electron chi connectivity index (χ1n) is 11.0. The maximum absolute atomic E-state index is 13.0. The Balaban J connectivity index is -0.00000256. The van der Waals surface area contributed by atoms with Gasteiger partial charge < -0.3 is 26.3 Å². The molecule has 0 radical (unpaired) electrons. The van der Waals surface area contributed by atoms with Gasteiger partial charge in [0.05, 0.1) is 18.6 Å². The Morgan fingerprint density at radius 1 is 1.18 bits per heavy atom. The number of aliphatic hydroxyl groups is 2. The van der Waals surface area contributed by atoms with Crippen LogP contribution in [0, 0.1) is 24.7 Å². The molecule has 0 saturated heterocycles. The maximum Gasteiger partial charge on any atom is 0.167 e. The third-order valence-corrected chi connectivity index (χ3v) is 6.42. The minimum Gasteiger partial charge on any atom is -0.507 e. The summed E-state index contributed by atoms with van der Waals surface area (Å²) >= 11 is 0. The highest BCUT2D eigenvalue weighted by Crippen LogP contribution is 2.42. The quantitative estimate of drug-likeness (QED) is 0.464. The van der Waals surface area contributed by atoms with E-state index >= 15 is 0 Å². The van der Waals surface area contributed by atoms with Crippen LogP contribution >= 0.6 is 0 Å². The molecular formula is C25H44O8. The van der Waals surface area contributed by atoms with E-state index in [-0.39, 0.29) is 80.2 Å². The number of hydrogen-bond acceptors (Lipinski definition) is 6. The molecule has 1 aliphatic carbocycles. The van der Waals surface area contributed by atoms with Crippen molar-refractivity contribution in [2.75, 3.05) is 13.2 Å². The van der Waals surface area contributed by atoms with Crippen LogP contribution < -0.4 is 0 Å². The number of aliphatic hydroxyl groups excluding tert-OH is 2. The summed E-state index contributed by atoms with van der Waals surface area (Å²) in [4.78, 5) is 36.9. The number of carbonyl (C=O) groups is 3. The number of phenols is 1. The van der Waals surface area contributed by atoms with Gasteiger partial charge in [0, 0.05) is 27.4 Å². The summed E-state index contributed by atoms with van der Waals surface area (Å²) in [5.41, 5.74) is 2.67. The van der Waals surface area contributed by atoms with Crippen LogP contribution in [0.1, 0.15) is 83.3 Å². The highest BCUT2D eigenvalue weighted by molar-refractivity contribution is 6.02. The van der Waals surface area contributed by atoms with Crippen molar-refractivity contribution in [2.45, 2.75) is 72.1 Å². The second-order valence-corrected chi connectivity index (χ2v) is 10.0. The molecule has 3 atom stereocenters. The van der Waals surface area contributed by atoms with Crippen LogP contribution in [0.15, 0.2) is 6.07 Å². The summed E-state index contributed by atoms with van der Waals surface area (Å²) < 4.78 is 0. The molecule has 192 valence electrons. The van der Waals surface area contributed by atoms with Crippen LogP contribution in [0.5, 0.6) is 5.75 Å². The van der Waals surface area contributed by atoms with E-state index in [1.54, 1.807) is 0 Å². The molecule has 8 heteroatoms. The van der Waals surface area contributed by atoms with Crippen LogP contribution in [0.2, 0.25) is 0 Å². The summed E-state index contributed by atoms with van der Waals surface area (Å²) in [7, 11) is 0. The van der Waals surface area contributed by atoms with Crippen molar-refractivity contribution in [3.05, 3.63) is 28.3 Å². The van der Waals surface area contributed by atoms with Crippen LogP contribution in [0.25, 0.3) is 0 Å². The van der Waals surface area contributed by atoms with Gasteiger partial charge in [0.25, 0.3) is 0 Å². The molecule has 33 heavy (non-hydrogen) atoms. The fourth-order valence-corrected chi connectivity index (χ4v) is 4.84. The number of ketones is 3. The van der Waals surface area contributed by atoms with E-state index in [0.29, 0.717) is 24.8 Å². The molecule has 3 unspecified atom stereocenters. The SMILES string of the molecule is CC(=O)CC(=O)C(CO)C(CCO)CC1CC(=O)c2c(O)c(C(C)(C)C)cc(C)c2C1.O.O.[HH].[HH]. The van der Waals surface area contributed by atoms with Crippen molar-refractivity contribution < 1.29 is 43.5 Å². The van der Waals surface area contributed by atoms with E-state index in [1.165, 1.54) is 6.92 Å². The molecule has 1 aliphatic rings. The van der Waals surface area contributed by atoms with Crippen LogP contribution in [0.3, 0.4) is 0 Å². The molecule has 0 aliphatic heterocycles. The van der Waals surface area contributed by atoms with E-state index in [9.17, 15) is 29.7 Å². The zero-order chi connectivity index (χ0) is 23.5. The van der Waals surface area contributed by atoms with Crippen LogP contribution in [-0.4, -0.2) is 56.8 Å². The molecule has 0 fully saturated rings. The predicted octanol–water partition coefficient (Wildman–Crippen LogP) is 2.13. The molecule has 1 aromatic rings. The molecule has 8 nitrogen and oxygen atoms in total. The van der Waals surface area contributed by atoms with Gasteiger partial charge in [-0.2, -0.15) is 0 Å². The fraction of sp³-hybridized carbons (Fsp3) is 0.640. The van der Waals surface area contributed by atoms with Crippen LogP contribution in [-0.2, 0) is 21.4 Å². The minimum absolute atomic E-state index is 0. The standard InChI is InChI=1S/C25H36O6.2H2O.2H2/c1-14-8-20(25(3,4)5)24(31)23-18(14)11-16(12-22(23)30)10-17(6-7-26)19(13-27)21(29)9-15(2)28;;;;/h8,16-17,19,26-27,31H,6-7,9-13H2,1-5H3;2*1H2;2*1H. The molecule has 0 aromatic heterocycles. The number of Topliss-reactive ketones (excluding diaryl/α,β-unsaturated/α-hetero) is 3. The van der Waals surface area contributed by atoms with Gasteiger partial charge in [0.1, 0.15) is 17.3 Å². The third kappa shape index (κ3) is 7.17. The van der Waals surface area contributed by atoms with Gasteiger partial charge in [-0.1, -0.05) is 26.8 Å². The highest BCUT2D eigenvalue weighted by atomic mass is 16.3. The highest BCUT2D eigenvalue weighted by Gasteiger charge is 2.36. The van der Waals surface area contributed by atoms with Gasteiger partial charge in [-0.25, -0.2) is 0 Å². The lowest BCUT2D eigenvalue weighted by Crippen LogP contribution is -2.32. The van der Waals surface area contributed by atoms with E-state index in [0.717, 1.165) is 16.7 Å². The Morgan fingerprint density at radius 2 is 1.79 bits per heavy atom. The first-order chi connectivity index (χ1) is 14.4. The average molecular weight is 473 g/mol. The number of hydrogen-bond donors (Lipinski definition) is 3. The van der Waals surface area contributed by atoms with Gasteiger partial charge >= 0.3 is 0 Å². The summed E-state index contributed by atoms with van der Waals surface area (Å²) in [5, 5.41) is 30.2. The van der Waals surface area contributed by atoms with E-state index in [1.807, 2.05) is 33.8 Å². The predicted molar refractivity (Wildman–Crippen MR) is 130 cm³/mol. The molecule has 0 spiro atoms. The molecule has 0 heterocycles. The van der Waals surface area contributed by atoms with Gasteiger partial charge in [0.15, 0.2) is 5.78 Å². The maximum atomic E-state index is 13.0. The largest absolute Gasteiger partial charge is 0.507 e. The Hall–Kier alpha value is -2.13. The second-order valence-electron chi connectivity index (χ2n) is 10.0. The Bertz CT molecular complexity index is 864. The molecule has 7 N–H and O–H groups in total. The smallest absolute Gasteiger partial charge is 0.167 e. The summed E-state index contributed by atoms with van der Waals surface area (Å²) in [6.45, 7) is 8.75. The number of carbonyl (C=O) groups excluding carboxylic acids is 3. The van der Waals surface area contributed by atoms with Gasteiger partial charge in [-0.15, -0.1) is 0 Å². The number of rotatable bonds is 9. The zero-order valence-electron chi connectivity index (χ0n) is 20.3. The Morgan fingerprint density at radius 3 is 2.27 bits per heavy atom. The second kappa shape index (κ2) is 12.4. The molecule has 0 saturated carbocycles. The van der Waals surface area contributed by atoms with Crippen molar-refractivity contribution in [3.8, 4) is 5.75 Å². The number of aromatic hydroxyl groups is 1. The summed E-state index contributed by atoms with van der Waals surface area (Å²) in [5.74, 6) is -1.73. The van der Waals surface area contributed by atoms with Crippen molar-refractivity contribution in [1.29, 1.82) is 0 Å². The third-order valence-electron chi connectivity index (χ3n) is 6.42. The van der Waals surface area contributed by atoms with Crippen molar-refractivity contribution in [1.82, 2.24) is 0 Å². The number of benzene rings is 1. The zero-order valence-corrected chi connectivity index (χ0v) is 20.3. The van der Waals surface area contributed by atoms with Gasteiger partial charge in [0.2, 0.25) is 0 Å². The molecule has 0 amide bonds. The van der Waals surface area contributed by atoms with Crippen LogP contribution in [0.4, 0.5) is 0 Å². The van der Waals surface area contributed by atoms with Crippen molar-refractivity contribution in [2.24, 2.45) is 17.8 Å². The average Bonchev–Trinajstić information content (AvgIpc) is 2.63. The first-order valence-corrected chi connectivity index (χ1v) is 11.0. The molecule has 2 rings (SSSR count). The fourth-order valence-electron chi connectivity index (χ4n) is 4.84.